The highest BCUT2D eigenvalue weighted by atomic mass is 79.9. The van der Waals surface area contributed by atoms with Crippen LogP contribution in [0.2, 0.25) is 0 Å². The Morgan fingerprint density at radius 2 is 1.87 bits per heavy atom. The van der Waals surface area contributed by atoms with Crippen LogP contribution in [0.25, 0.3) is 10.4 Å². The number of nitrogens with one attached hydrogen (secondary N) is 1. The molecule has 2 atom stereocenters. The normalized spacial score (nSPS) is 18.2. The van der Waals surface area contributed by atoms with E-state index in [0.717, 1.165) is 21.2 Å². The van der Waals surface area contributed by atoms with Crippen LogP contribution in [0.3, 0.4) is 0 Å². The molecular formula is C27H27BrN6O4. The van der Waals surface area contributed by atoms with E-state index in [-0.39, 0.29) is 25.5 Å². The van der Waals surface area contributed by atoms with Gasteiger partial charge in [-0.05, 0) is 47.0 Å². The van der Waals surface area contributed by atoms with Gasteiger partial charge in [-0.2, -0.15) is 0 Å². The van der Waals surface area contributed by atoms with Crippen molar-refractivity contribution >= 4 is 27.7 Å². The molecule has 10 nitrogen and oxygen atoms in total. The van der Waals surface area contributed by atoms with Gasteiger partial charge in [-0.15, -0.1) is 0 Å². The molecule has 0 fully saturated rings. The zero-order chi connectivity index (χ0) is 27.0. The first-order chi connectivity index (χ1) is 18.5. The van der Waals surface area contributed by atoms with Crippen LogP contribution in [0.1, 0.15) is 34.8 Å². The van der Waals surface area contributed by atoms with E-state index in [4.69, 9.17) is 30.9 Å². The molecule has 0 spiro atoms. The number of ether oxygens (including phenoxy) is 2. The predicted octanol–water partition coefficient (Wildman–Crippen LogP) is 4.51. The van der Waals surface area contributed by atoms with Crippen LogP contribution in [0.4, 0.5) is 0 Å². The third-order valence-electron chi connectivity index (χ3n) is 6.23. The Morgan fingerprint density at radius 1 is 1.16 bits per heavy atom. The quantitative estimate of drug-likeness (QED) is 0.0580. The van der Waals surface area contributed by atoms with E-state index in [2.05, 4.69) is 31.4 Å². The SMILES string of the molecule is [N-]=[N+]=NCc1ccccc1C[C@]1(C(=O)NN)N=C(c2ccc(OCCCO)cc2)O[C@H]1c1ccccc1Br. The number of benzene rings is 3. The van der Waals surface area contributed by atoms with Crippen molar-refractivity contribution in [3.63, 3.8) is 0 Å². The lowest BCUT2D eigenvalue weighted by molar-refractivity contribution is -0.129. The number of carbonyl (C=O) groups is 1. The molecule has 1 heterocycles. The number of carbonyl (C=O) groups excluding carboxylic acids is 1. The number of amides is 1. The van der Waals surface area contributed by atoms with Gasteiger partial charge in [0.25, 0.3) is 5.91 Å². The van der Waals surface area contributed by atoms with E-state index in [0.29, 0.717) is 24.3 Å². The van der Waals surface area contributed by atoms with E-state index in [1.165, 1.54) is 0 Å². The summed E-state index contributed by atoms with van der Waals surface area (Å²) in [4.78, 5) is 21.3. The summed E-state index contributed by atoms with van der Waals surface area (Å²) in [6.45, 7) is 0.574. The maximum atomic E-state index is 13.6. The molecule has 0 saturated carbocycles. The van der Waals surface area contributed by atoms with Crippen molar-refractivity contribution in [2.45, 2.75) is 31.0 Å². The molecule has 0 unspecified atom stereocenters. The van der Waals surface area contributed by atoms with Gasteiger partial charge in [0.2, 0.25) is 5.90 Å². The molecule has 196 valence electrons. The summed E-state index contributed by atoms with van der Waals surface area (Å²) in [5, 5.41) is 12.7. The molecular weight excluding hydrogens is 552 g/mol. The van der Waals surface area contributed by atoms with Crippen molar-refractivity contribution in [3.05, 3.63) is 110 Å². The summed E-state index contributed by atoms with van der Waals surface area (Å²) < 4.78 is 12.8. The van der Waals surface area contributed by atoms with Gasteiger partial charge in [-0.25, -0.2) is 10.8 Å². The minimum Gasteiger partial charge on any atom is -0.494 e. The van der Waals surface area contributed by atoms with Crippen molar-refractivity contribution in [1.82, 2.24) is 5.43 Å². The van der Waals surface area contributed by atoms with Crippen molar-refractivity contribution < 1.29 is 19.4 Å². The standard InChI is InChI=1S/C27H27BrN6O4/c28-23-9-4-3-8-22(23)24-27(26(36)33-29,16-19-6-1-2-7-20(19)17-31-34-30)32-25(38-24)18-10-12-21(13-11-18)37-15-5-14-35/h1-4,6-13,24,35H,5,14-17,29H2,(H,33,36)/t24-,27-/m0/s1. The second-order valence-electron chi connectivity index (χ2n) is 8.62. The number of azide groups is 1. The van der Waals surface area contributed by atoms with Gasteiger partial charge in [0.05, 0.1) is 13.2 Å². The summed E-state index contributed by atoms with van der Waals surface area (Å²) in [6, 6.07) is 22.1. The molecule has 0 radical (unpaired) electrons. The molecule has 11 heteroatoms. The van der Waals surface area contributed by atoms with Gasteiger partial charge in [-0.3, -0.25) is 10.2 Å². The highest BCUT2D eigenvalue weighted by Gasteiger charge is 2.53. The van der Waals surface area contributed by atoms with Gasteiger partial charge in [-0.1, -0.05) is 63.5 Å². The molecule has 3 aromatic carbocycles. The van der Waals surface area contributed by atoms with Gasteiger partial charge >= 0.3 is 0 Å². The Kier molecular flexibility index (Phi) is 8.98. The summed E-state index contributed by atoms with van der Waals surface area (Å²) >= 11 is 3.60. The molecule has 0 saturated heterocycles. The van der Waals surface area contributed by atoms with Crippen LogP contribution < -0.4 is 16.0 Å². The molecule has 1 amide bonds. The summed E-state index contributed by atoms with van der Waals surface area (Å²) in [7, 11) is 0. The van der Waals surface area contributed by atoms with E-state index >= 15 is 0 Å². The number of aliphatic hydroxyl groups is 1. The summed E-state index contributed by atoms with van der Waals surface area (Å²) in [6.07, 6.45) is -0.140. The van der Waals surface area contributed by atoms with Crippen molar-refractivity contribution in [2.24, 2.45) is 15.9 Å². The lowest BCUT2D eigenvalue weighted by Gasteiger charge is -2.31. The maximum Gasteiger partial charge on any atom is 0.266 e. The Hall–Kier alpha value is -3.89. The highest BCUT2D eigenvalue weighted by Crippen LogP contribution is 2.44. The summed E-state index contributed by atoms with van der Waals surface area (Å²) in [5.74, 6) is 6.12. The van der Waals surface area contributed by atoms with Crippen molar-refractivity contribution in [3.8, 4) is 5.75 Å². The Balaban J connectivity index is 1.80. The Labute approximate surface area is 228 Å². The zero-order valence-electron chi connectivity index (χ0n) is 20.5. The van der Waals surface area contributed by atoms with E-state index in [1.54, 1.807) is 24.3 Å². The average Bonchev–Trinajstić information content (AvgIpc) is 3.33. The third kappa shape index (κ3) is 5.81. The van der Waals surface area contributed by atoms with Crippen molar-refractivity contribution in [2.75, 3.05) is 13.2 Å². The van der Waals surface area contributed by atoms with Gasteiger partial charge in [0.15, 0.2) is 11.6 Å². The van der Waals surface area contributed by atoms with E-state index < -0.39 is 17.6 Å². The second-order valence-corrected chi connectivity index (χ2v) is 9.47. The number of rotatable bonds is 11. The van der Waals surface area contributed by atoms with Crippen LogP contribution in [0.5, 0.6) is 5.75 Å². The predicted molar refractivity (Wildman–Crippen MR) is 146 cm³/mol. The fraction of sp³-hybridized carbons (Fsp3) is 0.259. The minimum absolute atomic E-state index is 0.0520. The number of nitrogens with zero attached hydrogens (tertiary/aromatic N) is 4. The monoisotopic (exact) mass is 578 g/mol. The molecule has 3 aromatic rings. The fourth-order valence-electron chi connectivity index (χ4n) is 4.35. The number of aliphatic hydroxyl groups excluding tert-OH is 1. The molecule has 4 rings (SSSR count). The molecule has 1 aliphatic rings. The number of hydrazine groups is 1. The summed E-state index contributed by atoms with van der Waals surface area (Å²) in [5.41, 5.74) is 12.6. The molecule has 0 aliphatic carbocycles. The topological polar surface area (TPSA) is 155 Å². The second kappa shape index (κ2) is 12.6. The molecule has 0 bridgehead atoms. The molecule has 38 heavy (non-hydrogen) atoms. The van der Waals surface area contributed by atoms with Crippen LogP contribution in [-0.4, -0.2) is 35.7 Å². The number of hydrogen-bond acceptors (Lipinski definition) is 7. The number of hydrogen-bond donors (Lipinski definition) is 3. The highest BCUT2D eigenvalue weighted by molar-refractivity contribution is 9.10. The smallest absolute Gasteiger partial charge is 0.266 e. The average molecular weight is 579 g/mol. The molecule has 1 aliphatic heterocycles. The van der Waals surface area contributed by atoms with Gasteiger partial charge in [0, 0.05) is 40.0 Å². The molecule has 0 aromatic heterocycles. The lowest BCUT2D eigenvalue weighted by Crippen LogP contribution is -2.52. The zero-order valence-corrected chi connectivity index (χ0v) is 22.0. The van der Waals surface area contributed by atoms with Crippen LogP contribution >= 0.6 is 15.9 Å². The van der Waals surface area contributed by atoms with E-state index in [1.807, 2.05) is 48.5 Å². The number of aliphatic imine (C=N–C) groups is 1. The maximum absolute atomic E-state index is 13.6. The fourth-order valence-corrected chi connectivity index (χ4v) is 4.85. The van der Waals surface area contributed by atoms with Crippen LogP contribution in [-0.2, 0) is 22.5 Å². The lowest BCUT2D eigenvalue weighted by atomic mass is 9.81. The number of halogens is 1. The third-order valence-corrected chi connectivity index (χ3v) is 6.95. The largest absolute Gasteiger partial charge is 0.494 e. The Bertz CT molecular complexity index is 1360. The van der Waals surface area contributed by atoms with Gasteiger partial charge < -0.3 is 14.6 Å². The van der Waals surface area contributed by atoms with Crippen LogP contribution in [0.15, 0.2) is 87.4 Å². The van der Waals surface area contributed by atoms with Crippen molar-refractivity contribution in [1.29, 1.82) is 0 Å². The van der Waals surface area contributed by atoms with E-state index in [9.17, 15) is 4.79 Å². The minimum atomic E-state index is -1.46. The van der Waals surface area contributed by atoms with Crippen LogP contribution in [0, 0.1) is 0 Å². The first-order valence-corrected chi connectivity index (χ1v) is 12.8. The molecule has 4 N–H and O–H groups in total. The first kappa shape index (κ1) is 27.2. The number of nitrogens with two attached hydrogens (primary N) is 1. The first-order valence-electron chi connectivity index (χ1n) is 12.0. The Morgan fingerprint density at radius 3 is 2.55 bits per heavy atom. The van der Waals surface area contributed by atoms with Gasteiger partial charge in [0.1, 0.15) is 5.75 Å².